The molecule has 0 aliphatic heterocycles. The van der Waals surface area contributed by atoms with Gasteiger partial charge < -0.3 is 0 Å². The highest BCUT2D eigenvalue weighted by atomic mass is 14.0. The lowest BCUT2D eigenvalue weighted by Gasteiger charge is -2.03. The van der Waals surface area contributed by atoms with Gasteiger partial charge in [0, 0.05) is 0 Å². The number of rotatable bonds is 14. The molecule has 0 heterocycles. The van der Waals surface area contributed by atoms with E-state index in [2.05, 4.69) is 20.1 Å². The molecule has 0 aromatic carbocycles. The van der Waals surface area contributed by atoms with Gasteiger partial charge in [0.15, 0.2) is 0 Å². The van der Waals surface area contributed by atoms with Crippen LogP contribution in [0.3, 0.4) is 0 Å². The molecule has 0 saturated carbocycles. The van der Waals surface area contributed by atoms with Crippen molar-refractivity contribution in [2.75, 3.05) is 0 Å². The van der Waals surface area contributed by atoms with Crippen molar-refractivity contribution in [3.63, 3.8) is 0 Å². The van der Waals surface area contributed by atoms with Crippen molar-refractivity contribution in [2.24, 2.45) is 0 Å². The summed E-state index contributed by atoms with van der Waals surface area (Å²) in [7, 11) is 0. The van der Waals surface area contributed by atoms with E-state index < -0.39 is 0 Å². The van der Waals surface area contributed by atoms with Crippen LogP contribution in [-0.4, -0.2) is 0 Å². The van der Waals surface area contributed by atoms with Crippen LogP contribution in [0, 0.1) is 0 Å². The van der Waals surface area contributed by atoms with Crippen LogP contribution in [0.2, 0.25) is 0 Å². The second-order valence-electron chi connectivity index (χ2n) is 5.50. The lowest BCUT2D eigenvalue weighted by atomic mass is 10.0. The van der Waals surface area contributed by atoms with Gasteiger partial charge in [-0.2, -0.15) is 0 Å². The highest BCUT2D eigenvalue weighted by molar-refractivity contribution is 5.10. The average molecular weight is 250 g/mol. The largest absolute Gasteiger partial charge is 0.0988 e. The van der Waals surface area contributed by atoms with E-state index >= 15 is 0 Å². The first-order valence-electron chi connectivity index (χ1n) is 8.11. The van der Waals surface area contributed by atoms with Crippen molar-refractivity contribution < 1.29 is 0 Å². The van der Waals surface area contributed by atoms with Crippen LogP contribution in [0.1, 0.15) is 90.4 Å². The Morgan fingerprint density at radius 3 is 1.50 bits per heavy atom. The van der Waals surface area contributed by atoms with Gasteiger partial charge in [-0.15, -0.1) is 0 Å². The third kappa shape index (κ3) is 13.5. The number of allylic oxidation sites excluding steroid dienone is 2. The maximum atomic E-state index is 3.94. The first-order chi connectivity index (χ1) is 8.81. The normalized spacial score (nSPS) is 10.5. The third-order valence-electron chi connectivity index (χ3n) is 3.64. The average Bonchev–Trinajstić information content (AvgIpc) is 2.39. The van der Waals surface area contributed by atoms with Crippen molar-refractivity contribution in [3.8, 4) is 0 Å². The van der Waals surface area contributed by atoms with E-state index in [1.165, 1.54) is 82.6 Å². The van der Waals surface area contributed by atoms with Crippen LogP contribution in [-0.2, 0) is 0 Å². The Morgan fingerprint density at radius 2 is 1.11 bits per heavy atom. The van der Waals surface area contributed by atoms with Gasteiger partial charge >= 0.3 is 0 Å². The summed E-state index contributed by atoms with van der Waals surface area (Å²) < 4.78 is 0. The molecule has 0 amide bonds. The van der Waals surface area contributed by atoms with Crippen molar-refractivity contribution >= 4 is 0 Å². The summed E-state index contributed by atoms with van der Waals surface area (Å²) in [6.07, 6.45) is 20.0. The fraction of sp³-hybridized carbons (Fsp3) is 0.778. The molecule has 0 unspecified atom stereocenters. The minimum absolute atomic E-state index is 1.14. The summed E-state index contributed by atoms with van der Waals surface area (Å²) in [5.41, 5.74) is 1.20. The molecule has 0 N–H and O–H groups in total. The van der Waals surface area contributed by atoms with Gasteiger partial charge in [0.05, 0.1) is 0 Å². The van der Waals surface area contributed by atoms with E-state index in [9.17, 15) is 0 Å². The standard InChI is InChI=1S/C18H34/c1-4-6-7-8-9-10-11-12-13-14-15-16-17-18(3)5-2/h5H,2-4,6-17H2,1H3. The second kappa shape index (κ2) is 14.5. The molecule has 0 fully saturated rings. The Balaban J connectivity index is 2.98. The van der Waals surface area contributed by atoms with Gasteiger partial charge in [0.1, 0.15) is 0 Å². The fourth-order valence-corrected chi connectivity index (χ4v) is 2.30. The first kappa shape index (κ1) is 17.5. The van der Waals surface area contributed by atoms with E-state index in [4.69, 9.17) is 0 Å². The molecule has 0 heteroatoms. The number of hydrogen-bond acceptors (Lipinski definition) is 0. The molecule has 0 atom stereocenters. The van der Waals surface area contributed by atoms with Gasteiger partial charge in [-0.05, 0) is 12.8 Å². The smallest absolute Gasteiger partial charge is 0.0285 e. The SMILES string of the molecule is C=CC(=C)CCCCCCCCCCCCCC. The van der Waals surface area contributed by atoms with Crippen molar-refractivity contribution in [3.05, 3.63) is 24.8 Å². The Bertz CT molecular complexity index is 190. The van der Waals surface area contributed by atoms with Crippen molar-refractivity contribution in [1.82, 2.24) is 0 Å². The van der Waals surface area contributed by atoms with E-state index in [1.807, 2.05) is 6.08 Å². The number of hydrogen-bond donors (Lipinski definition) is 0. The monoisotopic (exact) mass is 250 g/mol. The first-order valence-corrected chi connectivity index (χ1v) is 8.11. The molecule has 0 aliphatic carbocycles. The Morgan fingerprint density at radius 1 is 0.722 bits per heavy atom. The molecule has 0 spiro atoms. The lowest BCUT2D eigenvalue weighted by molar-refractivity contribution is 0.544. The van der Waals surface area contributed by atoms with Crippen LogP contribution in [0.15, 0.2) is 24.8 Å². The summed E-state index contributed by atoms with van der Waals surface area (Å²) in [4.78, 5) is 0. The van der Waals surface area contributed by atoms with E-state index in [1.54, 1.807) is 0 Å². The van der Waals surface area contributed by atoms with E-state index in [-0.39, 0.29) is 0 Å². The third-order valence-corrected chi connectivity index (χ3v) is 3.64. The van der Waals surface area contributed by atoms with Gasteiger partial charge in [0.2, 0.25) is 0 Å². The minimum Gasteiger partial charge on any atom is -0.0988 e. The highest BCUT2D eigenvalue weighted by Crippen LogP contribution is 2.13. The topological polar surface area (TPSA) is 0 Å². The van der Waals surface area contributed by atoms with Crippen LogP contribution in [0.25, 0.3) is 0 Å². The maximum Gasteiger partial charge on any atom is -0.0285 e. The zero-order valence-electron chi connectivity index (χ0n) is 12.7. The molecule has 0 saturated heterocycles. The predicted molar refractivity (Wildman–Crippen MR) is 85.0 cm³/mol. The molecular weight excluding hydrogens is 216 g/mol. The maximum absolute atomic E-state index is 3.94. The van der Waals surface area contributed by atoms with Crippen molar-refractivity contribution in [2.45, 2.75) is 90.4 Å². The summed E-state index contributed by atoms with van der Waals surface area (Å²) >= 11 is 0. The predicted octanol–water partition coefficient (Wildman–Crippen LogP) is 6.82. The Labute approximate surface area is 116 Å². The highest BCUT2D eigenvalue weighted by Gasteiger charge is 1.94. The van der Waals surface area contributed by atoms with E-state index in [0.717, 1.165) is 6.42 Å². The van der Waals surface area contributed by atoms with Gasteiger partial charge in [0.25, 0.3) is 0 Å². The molecular formula is C18H34. The molecule has 0 rings (SSSR count). The van der Waals surface area contributed by atoms with Crippen molar-refractivity contribution in [1.29, 1.82) is 0 Å². The van der Waals surface area contributed by atoms with Crippen LogP contribution < -0.4 is 0 Å². The molecule has 0 bridgehead atoms. The van der Waals surface area contributed by atoms with Gasteiger partial charge in [-0.25, -0.2) is 0 Å². The summed E-state index contributed by atoms with van der Waals surface area (Å²) in [5, 5.41) is 0. The zero-order chi connectivity index (χ0) is 13.5. The van der Waals surface area contributed by atoms with Crippen LogP contribution in [0.4, 0.5) is 0 Å². The zero-order valence-corrected chi connectivity index (χ0v) is 12.7. The molecule has 106 valence electrons. The Kier molecular flexibility index (Phi) is 14.1. The quantitative estimate of drug-likeness (QED) is 0.234. The molecule has 0 aromatic rings. The molecule has 18 heavy (non-hydrogen) atoms. The van der Waals surface area contributed by atoms with E-state index in [0.29, 0.717) is 0 Å². The van der Waals surface area contributed by atoms with Gasteiger partial charge in [-0.3, -0.25) is 0 Å². The molecule has 0 aromatic heterocycles. The molecule has 0 aliphatic rings. The van der Waals surface area contributed by atoms with Gasteiger partial charge in [-0.1, -0.05) is 102 Å². The lowest BCUT2D eigenvalue weighted by Crippen LogP contribution is -1.83. The summed E-state index contributed by atoms with van der Waals surface area (Å²) in [6.45, 7) is 9.96. The number of unbranched alkanes of at least 4 members (excludes halogenated alkanes) is 11. The minimum atomic E-state index is 1.14. The fourth-order valence-electron chi connectivity index (χ4n) is 2.30. The molecule has 0 radical (unpaired) electrons. The van der Waals surface area contributed by atoms with Crippen LogP contribution >= 0.6 is 0 Å². The second-order valence-corrected chi connectivity index (χ2v) is 5.50. The molecule has 0 nitrogen and oxygen atoms in total. The van der Waals surface area contributed by atoms with Crippen LogP contribution in [0.5, 0.6) is 0 Å². The Hall–Kier alpha value is -0.520. The summed E-state index contributed by atoms with van der Waals surface area (Å²) in [6, 6.07) is 0. The summed E-state index contributed by atoms with van der Waals surface area (Å²) in [5.74, 6) is 0.